The zero-order valence-corrected chi connectivity index (χ0v) is 11.7. The number of hydrogen-bond donors (Lipinski definition) is 2. The van der Waals surface area contributed by atoms with Gasteiger partial charge in [0.2, 0.25) is 0 Å². The van der Waals surface area contributed by atoms with Crippen LogP contribution in [0.3, 0.4) is 0 Å². The van der Waals surface area contributed by atoms with E-state index in [1.807, 2.05) is 0 Å². The summed E-state index contributed by atoms with van der Waals surface area (Å²) in [4.78, 5) is 2.39. The summed E-state index contributed by atoms with van der Waals surface area (Å²) in [7, 11) is 0. The molecule has 0 amide bonds. The lowest BCUT2D eigenvalue weighted by Crippen LogP contribution is -2.46. The molecule has 1 heterocycles. The van der Waals surface area contributed by atoms with Crippen LogP contribution in [0.1, 0.15) is 28.3 Å². The molecule has 0 bridgehead atoms. The number of nitrogens with zero attached hydrogens (tertiary/aromatic N) is 1. The maximum Gasteiger partial charge on any atom is 0.0628 e. The molecule has 2 rings (SSSR count). The van der Waals surface area contributed by atoms with Gasteiger partial charge in [0.15, 0.2) is 0 Å². The second-order valence-corrected chi connectivity index (χ2v) is 5.30. The number of rotatable bonds is 3. The lowest BCUT2D eigenvalue weighted by Gasteiger charge is -2.35. The molecule has 100 valence electrons. The van der Waals surface area contributed by atoms with Crippen molar-refractivity contribution >= 4 is 0 Å². The predicted molar refractivity (Wildman–Crippen MR) is 74.9 cm³/mol. The second-order valence-electron chi connectivity index (χ2n) is 5.30. The largest absolute Gasteiger partial charge is 0.394 e. The molecule has 1 aromatic carbocycles. The molecule has 0 radical (unpaired) electrons. The zero-order chi connectivity index (χ0) is 13.1. The van der Waals surface area contributed by atoms with Gasteiger partial charge in [-0.15, -0.1) is 0 Å². The van der Waals surface area contributed by atoms with Gasteiger partial charge < -0.3 is 10.4 Å². The van der Waals surface area contributed by atoms with Crippen LogP contribution in [-0.2, 0) is 0 Å². The summed E-state index contributed by atoms with van der Waals surface area (Å²) in [6.45, 7) is 10.7. The number of nitrogens with one attached hydrogen (secondary N) is 1. The quantitative estimate of drug-likeness (QED) is 0.852. The van der Waals surface area contributed by atoms with Crippen molar-refractivity contribution in [3.63, 3.8) is 0 Å². The average Bonchev–Trinajstić information content (AvgIpc) is 2.34. The molecule has 1 aliphatic heterocycles. The van der Waals surface area contributed by atoms with Gasteiger partial charge in [-0.05, 0) is 37.5 Å². The van der Waals surface area contributed by atoms with Crippen molar-refractivity contribution in [3.8, 4) is 0 Å². The summed E-state index contributed by atoms with van der Waals surface area (Å²) in [5.41, 5.74) is 5.20. The summed E-state index contributed by atoms with van der Waals surface area (Å²) in [5.74, 6) is 0. The van der Waals surface area contributed by atoms with Gasteiger partial charge in [-0.3, -0.25) is 4.90 Å². The summed E-state index contributed by atoms with van der Waals surface area (Å²) in [6.07, 6.45) is 0. The minimum Gasteiger partial charge on any atom is -0.394 e. The van der Waals surface area contributed by atoms with Crippen LogP contribution in [0.5, 0.6) is 0 Å². The molecule has 1 saturated heterocycles. The molecule has 3 heteroatoms. The standard InChI is InChI=1S/C15H24N2O/c1-11-8-12(2)15(13(3)9-11)14(10-18)17-6-4-16-5-7-17/h8-9,14,16,18H,4-7,10H2,1-3H3/t14-/m1/s1. The Labute approximate surface area is 110 Å². The minimum atomic E-state index is 0.146. The van der Waals surface area contributed by atoms with Crippen LogP contribution in [0.25, 0.3) is 0 Å². The van der Waals surface area contributed by atoms with E-state index in [1.165, 1.54) is 22.3 Å². The van der Waals surface area contributed by atoms with Crippen LogP contribution < -0.4 is 5.32 Å². The normalized spacial score (nSPS) is 18.9. The molecule has 0 aliphatic carbocycles. The number of piperazine rings is 1. The molecule has 1 atom stereocenters. The maximum atomic E-state index is 9.79. The van der Waals surface area contributed by atoms with Crippen LogP contribution in [0.2, 0.25) is 0 Å². The molecule has 0 unspecified atom stereocenters. The Morgan fingerprint density at radius 3 is 2.22 bits per heavy atom. The highest BCUT2D eigenvalue weighted by atomic mass is 16.3. The first-order valence-electron chi connectivity index (χ1n) is 6.77. The third-order valence-electron chi connectivity index (χ3n) is 3.84. The highest BCUT2D eigenvalue weighted by molar-refractivity contribution is 5.39. The monoisotopic (exact) mass is 248 g/mol. The number of hydrogen-bond acceptors (Lipinski definition) is 3. The van der Waals surface area contributed by atoms with Gasteiger partial charge in [-0.1, -0.05) is 17.7 Å². The van der Waals surface area contributed by atoms with Crippen LogP contribution in [-0.4, -0.2) is 42.8 Å². The van der Waals surface area contributed by atoms with Crippen LogP contribution in [0, 0.1) is 20.8 Å². The van der Waals surface area contributed by atoms with Gasteiger partial charge in [-0.2, -0.15) is 0 Å². The summed E-state index contributed by atoms with van der Waals surface area (Å²) >= 11 is 0. The van der Waals surface area contributed by atoms with Gasteiger partial charge in [-0.25, -0.2) is 0 Å². The molecule has 1 aromatic rings. The van der Waals surface area contributed by atoms with E-state index in [-0.39, 0.29) is 12.6 Å². The van der Waals surface area contributed by atoms with Crippen molar-refractivity contribution < 1.29 is 5.11 Å². The van der Waals surface area contributed by atoms with Crippen molar-refractivity contribution in [1.29, 1.82) is 0 Å². The van der Waals surface area contributed by atoms with E-state index in [4.69, 9.17) is 0 Å². The molecule has 1 aliphatic rings. The molecular formula is C15H24N2O. The van der Waals surface area contributed by atoms with E-state index >= 15 is 0 Å². The topological polar surface area (TPSA) is 35.5 Å². The van der Waals surface area contributed by atoms with Gasteiger partial charge in [0.1, 0.15) is 0 Å². The van der Waals surface area contributed by atoms with Crippen molar-refractivity contribution in [2.75, 3.05) is 32.8 Å². The van der Waals surface area contributed by atoms with Crippen molar-refractivity contribution in [2.45, 2.75) is 26.8 Å². The van der Waals surface area contributed by atoms with Gasteiger partial charge in [0.25, 0.3) is 0 Å². The smallest absolute Gasteiger partial charge is 0.0628 e. The molecule has 0 saturated carbocycles. The maximum absolute atomic E-state index is 9.79. The molecule has 0 aromatic heterocycles. The van der Waals surface area contributed by atoms with E-state index in [0.29, 0.717) is 0 Å². The first-order valence-corrected chi connectivity index (χ1v) is 6.77. The fraction of sp³-hybridized carbons (Fsp3) is 0.600. The Morgan fingerprint density at radius 2 is 1.72 bits per heavy atom. The predicted octanol–water partition coefficient (Wildman–Crippen LogP) is 1.55. The Kier molecular flexibility index (Phi) is 4.38. The fourth-order valence-electron chi connectivity index (χ4n) is 3.10. The highest BCUT2D eigenvalue weighted by Gasteiger charge is 2.24. The SMILES string of the molecule is Cc1cc(C)c([C@@H](CO)N2CCNCC2)c(C)c1. The Bertz CT molecular complexity index is 388. The molecule has 2 N–H and O–H groups in total. The van der Waals surface area contributed by atoms with Crippen LogP contribution in [0.15, 0.2) is 12.1 Å². The Morgan fingerprint density at radius 1 is 1.17 bits per heavy atom. The summed E-state index contributed by atoms with van der Waals surface area (Å²) in [5, 5.41) is 13.1. The Balaban J connectivity index is 2.32. The van der Waals surface area contributed by atoms with Crippen LogP contribution in [0.4, 0.5) is 0 Å². The second kappa shape index (κ2) is 5.83. The first-order chi connectivity index (χ1) is 8.63. The van der Waals surface area contributed by atoms with E-state index < -0.39 is 0 Å². The lowest BCUT2D eigenvalue weighted by atomic mass is 9.93. The molecule has 1 fully saturated rings. The summed E-state index contributed by atoms with van der Waals surface area (Å²) in [6, 6.07) is 4.58. The van der Waals surface area contributed by atoms with E-state index in [2.05, 4.69) is 43.1 Å². The van der Waals surface area contributed by atoms with Crippen molar-refractivity contribution in [3.05, 3.63) is 34.4 Å². The van der Waals surface area contributed by atoms with Crippen LogP contribution >= 0.6 is 0 Å². The first kappa shape index (κ1) is 13.5. The number of aliphatic hydroxyl groups excluding tert-OH is 1. The molecular weight excluding hydrogens is 224 g/mol. The number of aryl methyl sites for hydroxylation is 3. The lowest BCUT2D eigenvalue weighted by molar-refractivity contribution is 0.110. The minimum absolute atomic E-state index is 0.146. The third kappa shape index (κ3) is 2.74. The molecule has 18 heavy (non-hydrogen) atoms. The van der Waals surface area contributed by atoms with Gasteiger partial charge >= 0.3 is 0 Å². The zero-order valence-electron chi connectivity index (χ0n) is 11.7. The molecule has 3 nitrogen and oxygen atoms in total. The fourth-order valence-corrected chi connectivity index (χ4v) is 3.10. The van der Waals surface area contributed by atoms with E-state index in [0.717, 1.165) is 26.2 Å². The third-order valence-corrected chi connectivity index (χ3v) is 3.84. The Hall–Kier alpha value is -0.900. The van der Waals surface area contributed by atoms with Crippen molar-refractivity contribution in [1.82, 2.24) is 10.2 Å². The molecule has 0 spiro atoms. The number of aliphatic hydroxyl groups is 1. The van der Waals surface area contributed by atoms with Gasteiger partial charge in [0, 0.05) is 26.2 Å². The van der Waals surface area contributed by atoms with Crippen molar-refractivity contribution in [2.24, 2.45) is 0 Å². The summed E-state index contributed by atoms with van der Waals surface area (Å²) < 4.78 is 0. The number of benzene rings is 1. The van der Waals surface area contributed by atoms with E-state index in [1.54, 1.807) is 0 Å². The van der Waals surface area contributed by atoms with E-state index in [9.17, 15) is 5.11 Å². The highest BCUT2D eigenvalue weighted by Crippen LogP contribution is 2.28. The van der Waals surface area contributed by atoms with Gasteiger partial charge in [0.05, 0.1) is 12.6 Å². The average molecular weight is 248 g/mol.